The van der Waals surface area contributed by atoms with Crippen molar-refractivity contribution in [2.75, 3.05) is 32.7 Å². The molecule has 0 bridgehead atoms. The zero-order valence-corrected chi connectivity index (χ0v) is 16.0. The Kier molecular flexibility index (Phi) is 7.17. The first-order chi connectivity index (χ1) is 12.6. The highest BCUT2D eigenvalue weighted by Crippen LogP contribution is 2.26. The molecule has 2 saturated carbocycles. The van der Waals surface area contributed by atoms with Crippen LogP contribution in [0.2, 0.25) is 0 Å². The first-order valence-corrected chi connectivity index (χ1v) is 10.6. The van der Waals surface area contributed by atoms with Crippen molar-refractivity contribution in [2.24, 2.45) is 11.8 Å². The molecule has 3 rings (SSSR count). The number of carboxylic acid groups (broad SMARTS) is 1. The molecule has 6 nitrogen and oxygen atoms in total. The van der Waals surface area contributed by atoms with Gasteiger partial charge in [0.1, 0.15) is 0 Å². The number of aliphatic carboxylic acids is 1. The largest absolute Gasteiger partial charge is 0.481 e. The molecule has 0 aromatic carbocycles. The van der Waals surface area contributed by atoms with Crippen molar-refractivity contribution in [2.45, 2.75) is 70.3 Å². The van der Waals surface area contributed by atoms with E-state index in [1.807, 2.05) is 4.90 Å². The molecule has 1 aliphatic heterocycles. The second-order valence-corrected chi connectivity index (χ2v) is 8.48. The van der Waals surface area contributed by atoms with Gasteiger partial charge in [0.2, 0.25) is 0 Å². The summed E-state index contributed by atoms with van der Waals surface area (Å²) < 4.78 is 0. The quantitative estimate of drug-likeness (QED) is 0.803. The van der Waals surface area contributed by atoms with Crippen molar-refractivity contribution in [3.05, 3.63) is 0 Å². The molecule has 0 atom stereocenters. The van der Waals surface area contributed by atoms with Gasteiger partial charge in [-0.2, -0.15) is 0 Å². The smallest absolute Gasteiger partial charge is 0.317 e. The van der Waals surface area contributed by atoms with Crippen molar-refractivity contribution in [3.8, 4) is 0 Å². The minimum atomic E-state index is -0.694. The molecule has 1 saturated heterocycles. The van der Waals surface area contributed by atoms with Crippen LogP contribution in [-0.4, -0.2) is 65.7 Å². The Morgan fingerprint density at radius 3 is 2.27 bits per heavy atom. The number of hydrogen-bond donors (Lipinski definition) is 2. The molecule has 6 heteroatoms. The molecule has 2 amide bonds. The summed E-state index contributed by atoms with van der Waals surface area (Å²) in [5, 5.41) is 12.2. The molecule has 0 spiro atoms. The first kappa shape index (κ1) is 19.5. The molecule has 0 unspecified atom stereocenters. The second-order valence-electron chi connectivity index (χ2n) is 8.48. The Morgan fingerprint density at radius 2 is 1.58 bits per heavy atom. The van der Waals surface area contributed by atoms with Gasteiger partial charge in [-0.15, -0.1) is 0 Å². The zero-order chi connectivity index (χ0) is 18.4. The molecule has 0 aromatic heterocycles. The van der Waals surface area contributed by atoms with E-state index in [4.69, 9.17) is 5.11 Å². The number of hydrogen-bond acceptors (Lipinski definition) is 3. The van der Waals surface area contributed by atoms with Crippen molar-refractivity contribution in [1.82, 2.24) is 15.1 Å². The van der Waals surface area contributed by atoms with Crippen LogP contribution in [0.1, 0.15) is 64.2 Å². The van der Waals surface area contributed by atoms with Crippen LogP contribution in [0.5, 0.6) is 0 Å². The average Bonchev–Trinajstić information content (AvgIpc) is 2.89. The Morgan fingerprint density at radius 1 is 0.846 bits per heavy atom. The Hall–Kier alpha value is -1.30. The number of rotatable bonds is 4. The van der Waals surface area contributed by atoms with Crippen LogP contribution in [-0.2, 0) is 4.79 Å². The number of carbonyl (C=O) groups is 2. The van der Waals surface area contributed by atoms with Crippen molar-refractivity contribution < 1.29 is 14.7 Å². The highest BCUT2D eigenvalue weighted by molar-refractivity contribution is 5.74. The van der Waals surface area contributed by atoms with Gasteiger partial charge in [-0.05, 0) is 57.4 Å². The predicted molar refractivity (Wildman–Crippen MR) is 101 cm³/mol. The van der Waals surface area contributed by atoms with E-state index in [0.717, 1.165) is 51.4 Å². The minimum Gasteiger partial charge on any atom is -0.481 e. The van der Waals surface area contributed by atoms with Crippen LogP contribution in [0.4, 0.5) is 4.79 Å². The SMILES string of the molecule is O=C(O)C1CCC(NC(=O)N2CCCN(CC3CCCCC3)CC2)CC1. The fraction of sp³-hybridized carbons (Fsp3) is 0.900. The molecule has 3 fully saturated rings. The molecule has 2 aliphatic carbocycles. The summed E-state index contributed by atoms with van der Waals surface area (Å²) in [6.07, 6.45) is 10.9. The number of amides is 2. The van der Waals surface area contributed by atoms with Gasteiger partial charge in [-0.25, -0.2) is 4.79 Å². The van der Waals surface area contributed by atoms with Gasteiger partial charge in [-0.1, -0.05) is 19.3 Å². The summed E-state index contributed by atoms with van der Waals surface area (Å²) in [4.78, 5) is 28.2. The normalized spacial score (nSPS) is 29.2. The molecule has 0 aromatic rings. The van der Waals surface area contributed by atoms with Crippen LogP contribution < -0.4 is 5.32 Å². The van der Waals surface area contributed by atoms with Gasteiger partial charge < -0.3 is 20.2 Å². The zero-order valence-electron chi connectivity index (χ0n) is 16.0. The molecule has 1 heterocycles. The molecule has 26 heavy (non-hydrogen) atoms. The summed E-state index contributed by atoms with van der Waals surface area (Å²) in [5.41, 5.74) is 0. The topological polar surface area (TPSA) is 72.9 Å². The van der Waals surface area contributed by atoms with Crippen LogP contribution in [0.15, 0.2) is 0 Å². The van der Waals surface area contributed by atoms with E-state index in [-0.39, 0.29) is 18.0 Å². The van der Waals surface area contributed by atoms with Gasteiger partial charge in [0, 0.05) is 32.2 Å². The summed E-state index contributed by atoms with van der Waals surface area (Å²) in [6.45, 7) is 4.93. The summed E-state index contributed by atoms with van der Waals surface area (Å²) in [6, 6.07) is 0.183. The summed E-state index contributed by atoms with van der Waals surface area (Å²) >= 11 is 0. The van der Waals surface area contributed by atoms with Crippen molar-refractivity contribution in [1.29, 1.82) is 0 Å². The van der Waals surface area contributed by atoms with E-state index in [1.165, 1.54) is 38.6 Å². The maximum atomic E-state index is 12.6. The van der Waals surface area contributed by atoms with Gasteiger partial charge in [-0.3, -0.25) is 4.79 Å². The lowest BCUT2D eigenvalue weighted by Crippen LogP contribution is -2.47. The second kappa shape index (κ2) is 9.58. The van der Waals surface area contributed by atoms with Crippen LogP contribution in [0, 0.1) is 11.8 Å². The minimum absolute atomic E-state index is 0.0447. The maximum absolute atomic E-state index is 12.6. The monoisotopic (exact) mass is 365 g/mol. The molecule has 3 aliphatic rings. The highest BCUT2D eigenvalue weighted by Gasteiger charge is 2.28. The number of urea groups is 1. The lowest BCUT2D eigenvalue weighted by Gasteiger charge is -2.30. The molecular formula is C20H35N3O3. The van der Waals surface area contributed by atoms with Gasteiger partial charge in [0.05, 0.1) is 5.92 Å². The number of nitrogens with one attached hydrogen (secondary N) is 1. The Bertz CT molecular complexity index is 471. The van der Waals surface area contributed by atoms with Crippen LogP contribution >= 0.6 is 0 Å². The van der Waals surface area contributed by atoms with Crippen molar-refractivity contribution in [3.63, 3.8) is 0 Å². The van der Waals surface area contributed by atoms with Crippen LogP contribution in [0.3, 0.4) is 0 Å². The fourth-order valence-electron chi connectivity index (χ4n) is 4.84. The van der Waals surface area contributed by atoms with Gasteiger partial charge >= 0.3 is 12.0 Å². The Balaban J connectivity index is 1.39. The predicted octanol–water partition coefficient (Wildman–Crippen LogP) is 2.93. The lowest BCUT2D eigenvalue weighted by molar-refractivity contribution is -0.142. The third-order valence-electron chi connectivity index (χ3n) is 6.52. The maximum Gasteiger partial charge on any atom is 0.317 e. The standard InChI is InChI=1S/C20H35N3O3/c24-19(25)17-7-9-18(10-8-17)21-20(26)23-12-4-11-22(13-14-23)15-16-5-2-1-3-6-16/h16-18H,1-15H2,(H,21,26)(H,24,25). The Labute approximate surface area is 157 Å². The number of carboxylic acids is 1. The fourth-order valence-corrected chi connectivity index (χ4v) is 4.84. The average molecular weight is 366 g/mol. The summed E-state index contributed by atoms with van der Waals surface area (Å²) in [7, 11) is 0. The number of nitrogens with zero attached hydrogens (tertiary/aromatic N) is 2. The highest BCUT2D eigenvalue weighted by atomic mass is 16.4. The number of carbonyl (C=O) groups excluding carboxylic acids is 1. The van der Waals surface area contributed by atoms with E-state index in [9.17, 15) is 9.59 Å². The van der Waals surface area contributed by atoms with Gasteiger partial charge in [0.25, 0.3) is 0 Å². The van der Waals surface area contributed by atoms with Crippen LogP contribution in [0.25, 0.3) is 0 Å². The lowest BCUT2D eigenvalue weighted by atomic mass is 9.86. The summed E-state index contributed by atoms with van der Waals surface area (Å²) in [5.74, 6) is -0.0661. The van der Waals surface area contributed by atoms with E-state index in [0.29, 0.717) is 12.8 Å². The van der Waals surface area contributed by atoms with Gasteiger partial charge in [0.15, 0.2) is 0 Å². The van der Waals surface area contributed by atoms with E-state index in [2.05, 4.69) is 10.2 Å². The molecule has 2 N–H and O–H groups in total. The van der Waals surface area contributed by atoms with E-state index >= 15 is 0 Å². The molecular weight excluding hydrogens is 330 g/mol. The first-order valence-electron chi connectivity index (χ1n) is 10.6. The molecule has 0 radical (unpaired) electrons. The molecule has 148 valence electrons. The third-order valence-corrected chi connectivity index (χ3v) is 6.52. The van der Waals surface area contributed by atoms with Crippen molar-refractivity contribution >= 4 is 12.0 Å². The van der Waals surface area contributed by atoms with E-state index in [1.54, 1.807) is 0 Å². The van der Waals surface area contributed by atoms with E-state index < -0.39 is 5.97 Å². The third kappa shape index (κ3) is 5.60.